The van der Waals surface area contributed by atoms with Gasteiger partial charge in [-0.05, 0) is 18.1 Å². The molecule has 2 aromatic heterocycles. The Labute approximate surface area is 121 Å². The fraction of sp³-hybridized carbons (Fsp3) is 0.267. The number of hydrogen-bond donors (Lipinski definition) is 2. The summed E-state index contributed by atoms with van der Waals surface area (Å²) in [6, 6.07) is 7.96. The number of carboxylic acid groups (broad SMARTS) is 1. The number of aryl methyl sites for hydroxylation is 1. The minimum Gasteiger partial charge on any atom is -0.476 e. The topological polar surface area (TPSA) is 83.8 Å². The van der Waals surface area contributed by atoms with Crippen LogP contribution in [-0.4, -0.2) is 31.1 Å². The number of aromatic nitrogens is 4. The molecule has 0 saturated carbocycles. The Morgan fingerprint density at radius 1 is 1.38 bits per heavy atom. The fourth-order valence-electron chi connectivity index (χ4n) is 2.52. The number of rotatable bonds is 5. The summed E-state index contributed by atoms with van der Waals surface area (Å²) < 4.78 is 1.69. The van der Waals surface area contributed by atoms with Gasteiger partial charge in [0.2, 0.25) is 0 Å². The third-order valence-corrected chi connectivity index (χ3v) is 3.51. The minimum atomic E-state index is -1.04. The van der Waals surface area contributed by atoms with Gasteiger partial charge in [0.05, 0.1) is 5.69 Å². The Bertz CT molecular complexity index is 788. The van der Waals surface area contributed by atoms with Gasteiger partial charge in [-0.2, -0.15) is 0 Å². The molecule has 2 N–H and O–H groups in total. The summed E-state index contributed by atoms with van der Waals surface area (Å²) in [5.74, 6) is -1.04. The summed E-state index contributed by atoms with van der Waals surface area (Å²) in [5.41, 5.74) is 2.77. The lowest BCUT2D eigenvalue weighted by atomic mass is 10.1. The lowest BCUT2D eigenvalue weighted by Gasteiger charge is -2.05. The first-order chi connectivity index (χ1) is 10.2. The number of aromatic amines is 1. The van der Waals surface area contributed by atoms with Gasteiger partial charge in [-0.3, -0.25) is 0 Å². The number of carboxylic acids is 1. The number of nitrogens with zero attached hydrogens (tertiary/aromatic N) is 3. The molecular weight excluding hydrogens is 268 g/mol. The number of para-hydroxylation sites is 1. The summed E-state index contributed by atoms with van der Waals surface area (Å²) >= 11 is 0. The molecule has 0 unspecified atom stereocenters. The molecule has 0 saturated heterocycles. The van der Waals surface area contributed by atoms with Crippen LogP contribution in [0.4, 0.5) is 0 Å². The maximum absolute atomic E-state index is 11.3. The van der Waals surface area contributed by atoms with Crippen molar-refractivity contribution in [3.05, 3.63) is 47.4 Å². The third kappa shape index (κ3) is 2.40. The molecule has 3 aromatic rings. The summed E-state index contributed by atoms with van der Waals surface area (Å²) in [4.78, 5) is 14.5. The second-order valence-corrected chi connectivity index (χ2v) is 4.95. The van der Waals surface area contributed by atoms with Gasteiger partial charge in [0.25, 0.3) is 0 Å². The molecule has 1 aromatic carbocycles. The first-order valence-electron chi connectivity index (χ1n) is 6.91. The second-order valence-electron chi connectivity index (χ2n) is 4.95. The van der Waals surface area contributed by atoms with Gasteiger partial charge in [0, 0.05) is 30.1 Å². The molecular formula is C15H16N4O2. The van der Waals surface area contributed by atoms with Crippen molar-refractivity contribution in [2.45, 2.75) is 26.3 Å². The normalized spacial score (nSPS) is 11.1. The summed E-state index contributed by atoms with van der Waals surface area (Å²) in [7, 11) is 0. The second kappa shape index (κ2) is 5.40. The maximum atomic E-state index is 11.3. The van der Waals surface area contributed by atoms with Crippen LogP contribution < -0.4 is 0 Å². The average molecular weight is 284 g/mol. The predicted molar refractivity (Wildman–Crippen MR) is 78.4 cm³/mol. The standard InChI is InChI=1S/C15H16N4O2/c1-2-7-19-13(14(15(20)21)17-18-19)8-10-9-16-12-6-4-3-5-11(10)12/h3-6,9,16H,2,7-8H2,1H3,(H,20,21). The zero-order valence-electron chi connectivity index (χ0n) is 11.7. The van der Waals surface area contributed by atoms with Crippen molar-refractivity contribution in [2.24, 2.45) is 0 Å². The Kier molecular flexibility index (Phi) is 3.43. The summed E-state index contributed by atoms with van der Waals surface area (Å²) in [5, 5.41) is 18.1. The number of hydrogen-bond acceptors (Lipinski definition) is 3. The number of nitrogens with one attached hydrogen (secondary N) is 1. The molecule has 0 atom stereocenters. The van der Waals surface area contributed by atoms with Gasteiger partial charge in [-0.25, -0.2) is 9.48 Å². The molecule has 0 fully saturated rings. The highest BCUT2D eigenvalue weighted by molar-refractivity contribution is 5.87. The van der Waals surface area contributed by atoms with E-state index in [9.17, 15) is 9.90 Å². The zero-order chi connectivity index (χ0) is 14.8. The van der Waals surface area contributed by atoms with E-state index >= 15 is 0 Å². The first-order valence-corrected chi connectivity index (χ1v) is 6.91. The number of H-pyrrole nitrogens is 1. The fourth-order valence-corrected chi connectivity index (χ4v) is 2.52. The largest absolute Gasteiger partial charge is 0.476 e. The Balaban J connectivity index is 2.04. The van der Waals surface area contributed by atoms with E-state index in [1.54, 1.807) is 4.68 Å². The molecule has 0 radical (unpaired) electrons. The SMILES string of the molecule is CCCn1nnc(C(=O)O)c1Cc1c[nH]c2ccccc12. The van der Waals surface area contributed by atoms with Gasteiger partial charge in [0.1, 0.15) is 0 Å². The van der Waals surface area contributed by atoms with E-state index in [1.807, 2.05) is 37.4 Å². The summed E-state index contributed by atoms with van der Waals surface area (Å²) in [6.45, 7) is 2.69. The van der Waals surface area contributed by atoms with Crippen molar-refractivity contribution in [1.82, 2.24) is 20.0 Å². The van der Waals surface area contributed by atoms with E-state index < -0.39 is 5.97 Å². The van der Waals surface area contributed by atoms with Crippen molar-refractivity contribution in [1.29, 1.82) is 0 Å². The number of fused-ring (bicyclic) bond motifs is 1. The molecule has 108 valence electrons. The smallest absolute Gasteiger partial charge is 0.358 e. The van der Waals surface area contributed by atoms with Gasteiger partial charge in [-0.15, -0.1) is 5.10 Å². The summed E-state index contributed by atoms with van der Waals surface area (Å²) in [6.07, 6.45) is 3.29. The zero-order valence-corrected chi connectivity index (χ0v) is 11.7. The van der Waals surface area contributed by atoms with Gasteiger partial charge >= 0.3 is 5.97 Å². The molecule has 2 heterocycles. The van der Waals surface area contributed by atoms with E-state index in [2.05, 4.69) is 15.3 Å². The lowest BCUT2D eigenvalue weighted by molar-refractivity contribution is 0.0689. The molecule has 0 aliphatic carbocycles. The van der Waals surface area contributed by atoms with Crippen LogP contribution in [0.3, 0.4) is 0 Å². The van der Waals surface area contributed by atoms with E-state index in [-0.39, 0.29) is 5.69 Å². The van der Waals surface area contributed by atoms with Crippen LogP contribution in [0.25, 0.3) is 10.9 Å². The van der Waals surface area contributed by atoms with Crippen molar-refractivity contribution < 1.29 is 9.90 Å². The third-order valence-electron chi connectivity index (χ3n) is 3.51. The van der Waals surface area contributed by atoms with E-state index in [4.69, 9.17) is 0 Å². The van der Waals surface area contributed by atoms with Crippen molar-refractivity contribution in [3.63, 3.8) is 0 Å². The molecule has 0 aliphatic heterocycles. The molecule has 3 rings (SSSR count). The van der Waals surface area contributed by atoms with Crippen LogP contribution in [-0.2, 0) is 13.0 Å². The monoisotopic (exact) mass is 284 g/mol. The van der Waals surface area contributed by atoms with Crippen molar-refractivity contribution >= 4 is 16.9 Å². The highest BCUT2D eigenvalue weighted by atomic mass is 16.4. The molecule has 6 heteroatoms. The number of benzene rings is 1. The minimum absolute atomic E-state index is 0.0359. The average Bonchev–Trinajstić information content (AvgIpc) is 3.06. The van der Waals surface area contributed by atoms with Crippen molar-refractivity contribution in [3.8, 4) is 0 Å². The highest BCUT2D eigenvalue weighted by Gasteiger charge is 2.19. The highest BCUT2D eigenvalue weighted by Crippen LogP contribution is 2.22. The number of carbonyl (C=O) groups is 1. The molecule has 0 amide bonds. The van der Waals surface area contributed by atoms with Crippen LogP contribution in [0.15, 0.2) is 30.5 Å². The first kappa shape index (κ1) is 13.4. The van der Waals surface area contributed by atoms with Gasteiger partial charge < -0.3 is 10.1 Å². The molecule has 6 nitrogen and oxygen atoms in total. The quantitative estimate of drug-likeness (QED) is 0.753. The predicted octanol–water partition coefficient (Wildman–Crippen LogP) is 2.46. The van der Waals surface area contributed by atoms with Crippen molar-refractivity contribution in [2.75, 3.05) is 0 Å². The van der Waals surface area contributed by atoms with Crippen LogP contribution in [0.1, 0.15) is 35.1 Å². The Morgan fingerprint density at radius 2 is 2.19 bits per heavy atom. The molecule has 0 spiro atoms. The Morgan fingerprint density at radius 3 is 2.95 bits per heavy atom. The Hall–Kier alpha value is -2.63. The van der Waals surface area contributed by atoms with Crippen LogP contribution >= 0.6 is 0 Å². The maximum Gasteiger partial charge on any atom is 0.358 e. The van der Waals surface area contributed by atoms with Crippen LogP contribution in [0.2, 0.25) is 0 Å². The van der Waals surface area contributed by atoms with Gasteiger partial charge in [-0.1, -0.05) is 30.3 Å². The number of aromatic carboxylic acids is 1. The molecule has 0 bridgehead atoms. The van der Waals surface area contributed by atoms with Gasteiger partial charge in [0.15, 0.2) is 5.69 Å². The van der Waals surface area contributed by atoms with Crippen LogP contribution in [0.5, 0.6) is 0 Å². The molecule has 21 heavy (non-hydrogen) atoms. The molecule has 0 aliphatic rings. The van der Waals surface area contributed by atoms with E-state index in [0.717, 1.165) is 22.9 Å². The van der Waals surface area contributed by atoms with E-state index in [1.165, 1.54) is 0 Å². The lowest BCUT2D eigenvalue weighted by Crippen LogP contribution is -2.09. The van der Waals surface area contributed by atoms with Crippen LogP contribution in [0, 0.1) is 0 Å². The van der Waals surface area contributed by atoms with E-state index in [0.29, 0.717) is 18.7 Å².